The molecule has 2 N–H and O–H groups in total. The first kappa shape index (κ1) is 22.1. The summed E-state index contributed by atoms with van der Waals surface area (Å²) in [6.45, 7) is 0.285. The highest BCUT2D eigenvalue weighted by Gasteiger charge is 2.38. The molecule has 4 rings (SSSR count). The number of carbonyl (C=O) groups excluding carboxylic acids is 2. The van der Waals surface area contributed by atoms with E-state index in [2.05, 4.69) is 16.7 Å². The number of amides is 2. The van der Waals surface area contributed by atoms with Gasteiger partial charge in [-0.15, -0.1) is 0 Å². The van der Waals surface area contributed by atoms with Gasteiger partial charge in [0.15, 0.2) is 0 Å². The molecular weight excluding hydrogens is 414 g/mol. The Balaban J connectivity index is 1.39. The second-order valence-electron chi connectivity index (χ2n) is 8.19. The van der Waals surface area contributed by atoms with Crippen molar-refractivity contribution in [3.05, 3.63) is 95.6 Å². The van der Waals surface area contributed by atoms with E-state index in [0.29, 0.717) is 17.0 Å². The van der Waals surface area contributed by atoms with Crippen molar-refractivity contribution < 1.29 is 14.3 Å². The van der Waals surface area contributed by atoms with Gasteiger partial charge in [0, 0.05) is 11.8 Å². The summed E-state index contributed by atoms with van der Waals surface area (Å²) >= 11 is 0. The van der Waals surface area contributed by atoms with E-state index >= 15 is 0 Å². The van der Waals surface area contributed by atoms with Gasteiger partial charge in [0.2, 0.25) is 0 Å². The number of nitrogens with one attached hydrogen (secondary N) is 2. The molecule has 3 aromatic carbocycles. The van der Waals surface area contributed by atoms with E-state index in [1.165, 1.54) is 0 Å². The van der Waals surface area contributed by atoms with Crippen LogP contribution in [0.5, 0.6) is 5.75 Å². The molecule has 0 unspecified atom stereocenters. The van der Waals surface area contributed by atoms with Crippen molar-refractivity contribution in [2.24, 2.45) is 0 Å². The summed E-state index contributed by atoms with van der Waals surface area (Å²) in [4.78, 5) is 25.4. The first-order chi connectivity index (χ1) is 16.1. The molecule has 0 aliphatic heterocycles. The summed E-state index contributed by atoms with van der Waals surface area (Å²) in [7, 11) is 0. The monoisotopic (exact) mass is 439 g/mol. The predicted octanol–water partition coefficient (Wildman–Crippen LogP) is 4.66. The maximum Gasteiger partial charge on any atom is 0.313 e. The van der Waals surface area contributed by atoms with Gasteiger partial charge in [-0.25, -0.2) is 0 Å². The molecule has 1 aliphatic carbocycles. The van der Waals surface area contributed by atoms with Gasteiger partial charge in [0.25, 0.3) is 0 Å². The first-order valence-corrected chi connectivity index (χ1v) is 11.0. The van der Waals surface area contributed by atoms with Gasteiger partial charge in [-0.1, -0.05) is 61.4 Å². The molecule has 0 bridgehead atoms. The molecule has 33 heavy (non-hydrogen) atoms. The number of benzene rings is 3. The zero-order valence-corrected chi connectivity index (χ0v) is 18.2. The van der Waals surface area contributed by atoms with Crippen molar-refractivity contribution in [1.82, 2.24) is 5.32 Å². The number of hydrogen-bond donors (Lipinski definition) is 2. The summed E-state index contributed by atoms with van der Waals surface area (Å²) in [5.41, 5.74) is 2.43. The molecule has 0 radical (unpaired) electrons. The summed E-state index contributed by atoms with van der Waals surface area (Å²) in [6.07, 6.45) is 3.64. The molecular formula is C27H25N3O3. The largest absolute Gasteiger partial charge is 0.489 e. The topological polar surface area (TPSA) is 91.2 Å². The summed E-state index contributed by atoms with van der Waals surface area (Å²) in [6, 6.07) is 26.0. The average molecular weight is 440 g/mol. The molecule has 0 atom stereocenters. The van der Waals surface area contributed by atoms with Gasteiger partial charge in [0.05, 0.1) is 17.2 Å². The van der Waals surface area contributed by atoms with Gasteiger partial charge in [-0.3, -0.25) is 9.59 Å². The highest BCUT2D eigenvalue weighted by molar-refractivity contribution is 6.39. The third-order valence-corrected chi connectivity index (χ3v) is 5.90. The average Bonchev–Trinajstić information content (AvgIpc) is 3.33. The van der Waals surface area contributed by atoms with E-state index < -0.39 is 17.4 Å². The normalized spacial score (nSPS) is 14.2. The van der Waals surface area contributed by atoms with Crippen LogP contribution in [0.25, 0.3) is 0 Å². The molecule has 166 valence electrons. The molecule has 1 aliphatic rings. The number of nitriles is 1. The summed E-state index contributed by atoms with van der Waals surface area (Å²) in [5, 5.41) is 14.7. The van der Waals surface area contributed by atoms with Crippen molar-refractivity contribution >= 4 is 17.5 Å². The van der Waals surface area contributed by atoms with Crippen molar-refractivity contribution in [3.8, 4) is 11.8 Å². The smallest absolute Gasteiger partial charge is 0.313 e. The lowest BCUT2D eigenvalue weighted by Crippen LogP contribution is -2.48. The summed E-state index contributed by atoms with van der Waals surface area (Å²) in [5.74, 6) is -0.816. The minimum Gasteiger partial charge on any atom is -0.489 e. The molecule has 0 saturated heterocycles. The number of nitrogens with zero attached hydrogens (tertiary/aromatic N) is 1. The Morgan fingerprint density at radius 3 is 2.42 bits per heavy atom. The zero-order valence-electron chi connectivity index (χ0n) is 18.2. The number of hydrogen-bond acceptors (Lipinski definition) is 4. The van der Waals surface area contributed by atoms with Crippen LogP contribution in [0.3, 0.4) is 0 Å². The molecule has 3 aromatic rings. The third-order valence-electron chi connectivity index (χ3n) is 5.90. The molecule has 0 heterocycles. The fraction of sp³-hybridized carbons (Fsp3) is 0.222. The maximum atomic E-state index is 12.8. The fourth-order valence-corrected chi connectivity index (χ4v) is 4.24. The van der Waals surface area contributed by atoms with Crippen LogP contribution in [-0.4, -0.2) is 11.8 Å². The van der Waals surface area contributed by atoms with Crippen LogP contribution in [0.2, 0.25) is 0 Å². The maximum absolute atomic E-state index is 12.8. The van der Waals surface area contributed by atoms with Crippen LogP contribution >= 0.6 is 0 Å². The molecule has 2 amide bonds. The molecule has 0 aromatic heterocycles. The minimum atomic E-state index is -0.712. The predicted molar refractivity (Wildman–Crippen MR) is 125 cm³/mol. The number of rotatable bonds is 6. The Labute approximate surface area is 193 Å². The Hall–Kier alpha value is -4.11. The number of anilines is 1. The van der Waals surface area contributed by atoms with Crippen molar-refractivity contribution in [1.29, 1.82) is 5.26 Å². The third kappa shape index (κ3) is 5.39. The van der Waals surface area contributed by atoms with Gasteiger partial charge in [-0.2, -0.15) is 5.26 Å². The van der Waals surface area contributed by atoms with Crippen LogP contribution in [0, 0.1) is 11.3 Å². The quantitative estimate of drug-likeness (QED) is 0.547. The minimum absolute atomic E-state index is 0.285. The lowest BCUT2D eigenvalue weighted by molar-refractivity contribution is -0.137. The zero-order chi connectivity index (χ0) is 23.1. The number of ether oxygens (including phenoxy) is 1. The van der Waals surface area contributed by atoms with E-state index in [1.54, 1.807) is 42.5 Å². The van der Waals surface area contributed by atoms with Gasteiger partial charge in [-0.05, 0) is 48.2 Å². The molecule has 6 nitrogen and oxygen atoms in total. The van der Waals surface area contributed by atoms with Crippen molar-refractivity contribution in [3.63, 3.8) is 0 Å². The molecule has 1 fully saturated rings. The SMILES string of the molecule is N#Cc1cccc(COc2cccc(NC(=O)C(=O)NC3(c4ccccc4)CCCC3)c2)c1. The second-order valence-corrected chi connectivity index (χ2v) is 8.19. The number of carbonyl (C=O) groups is 2. The molecule has 6 heteroatoms. The van der Waals surface area contributed by atoms with Crippen LogP contribution in [0.15, 0.2) is 78.9 Å². The van der Waals surface area contributed by atoms with E-state index in [-0.39, 0.29) is 6.61 Å². The van der Waals surface area contributed by atoms with Crippen LogP contribution < -0.4 is 15.4 Å². The van der Waals surface area contributed by atoms with Gasteiger partial charge in [0.1, 0.15) is 12.4 Å². The van der Waals surface area contributed by atoms with Crippen LogP contribution in [0.1, 0.15) is 42.4 Å². The Bertz CT molecular complexity index is 1180. The Kier molecular flexibility index (Phi) is 6.70. The highest BCUT2D eigenvalue weighted by atomic mass is 16.5. The van der Waals surface area contributed by atoms with E-state index in [9.17, 15) is 9.59 Å². The fourth-order valence-electron chi connectivity index (χ4n) is 4.24. The first-order valence-electron chi connectivity index (χ1n) is 11.0. The van der Waals surface area contributed by atoms with Gasteiger partial charge >= 0.3 is 11.8 Å². The van der Waals surface area contributed by atoms with Gasteiger partial charge < -0.3 is 15.4 Å². The van der Waals surface area contributed by atoms with Crippen molar-refractivity contribution in [2.45, 2.75) is 37.8 Å². The van der Waals surface area contributed by atoms with Crippen molar-refractivity contribution in [2.75, 3.05) is 5.32 Å². The Morgan fingerprint density at radius 2 is 1.67 bits per heavy atom. The molecule has 0 spiro atoms. The van der Waals surface area contributed by atoms with E-state index in [0.717, 1.165) is 36.8 Å². The lowest BCUT2D eigenvalue weighted by Gasteiger charge is -2.30. The summed E-state index contributed by atoms with van der Waals surface area (Å²) < 4.78 is 5.79. The van der Waals surface area contributed by atoms with Crippen LogP contribution in [0.4, 0.5) is 5.69 Å². The molecule has 1 saturated carbocycles. The Morgan fingerprint density at radius 1 is 0.909 bits per heavy atom. The second kappa shape index (κ2) is 10.0. The van der Waals surface area contributed by atoms with E-state index in [4.69, 9.17) is 10.00 Å². The van der Waals surface area contributed by atoms with E-state index in [1.807, 2.05) is 36.4 Å². The standard InChI is InChI=1S/C27H25N3O3/c28-18-20-8-6-9-21(16-20)19-33-24-13-7-12-23(17-24)29-25(31)26(32)30-27(14-4-5-15-27)22-10-2-1-3-11-22/h1-3,6-13,16-17H,4-5,14-15,19H2,(H,29,31)(H,30,32). The van der Waals surface area contributed by atoms with Crippen LogP contribution in [-0.2, 0) is 21.7 Å². The highest BCUT2D eigenvalue weighted by Crippen LogP contribution is 2.38. The lowest BCUT2D eigenvalue weighted by atomic mass is 9.88.